The first kappa shape index (κ1) is 16.4. The Labute approximate surface area is 160 Å². The molecule has 3 aromatic carbocycles. The first-order valence-electron chi connectivity index (χ1n) is 8.14. The topological polar surface area (TPSA) is 15.6 Å². The van der Waals surface area contributed by atoms with E-state index in [4.69, 9.17) is 16.7 Å². The molecule has 4 heteroatoms. The number of rotatable bonds is 3. The average Bonchev–Trinajstić information content (AvgIpc) is 3.09. The van der Waals surface area contributed by atoms with Gasteiger partial charge in [-0.1, -0.05) is 70.0 Å². The summed E-state index contributed by atoms with van der Waals surface area (Å²) in [6.45, 7) is 0. The van der Waals surface area contributed by atoms with Gasteiger partial charge in [-0.05, 0) is 47.5 Å². The van der Waals surface area contributed by atoms with E-state index >= 15 is 0 Å². The molecule has 0 aliphatic carbocycles. The molecule has 0 amide bonds. The van der Waals surface area contributed by atoms with Crippen LogP contribution in [0.4, 0.5) is 5.69 Å². The molecule has 0 saturated heterocycles. The lowest BCUT2D eigenvalue weighted by Gasteiger charge is -2.24. The Morgan fingerprint density at radius 3 is 2.24 bits per heavy atom. The summed E-state index contributed by atoms with van der Waals surface area (Å²) in [5.74, 6) is 0. The zero-order valence-corrected chi connectivity index (χ0v) is 15.8. The van der Waals surface area contributed by atoms with E-state index in [2.05, 4.69) is 57.3 Å². The molecule has 0 fully saturated rings. The number of anilines is 1. The minimum Gasteiger partial charge on any atom is -0.257 e. The molecule has 0 saturated carbocycles. The predicted molar refractivity (Wildman–Crippen MR) is 108 cm³/mol. The molecule has 0 unspecified atom stereocenters. The number of hydrazone groups is 1. The molecule has 0 spiro atoms. The summed E-state index contributed by atoms with van der Waals surface area (Å²) in [6.07, 6.45) is 0.859. The number of hydrogen-bond donors (Lipinski definition) is 0. The fraction of sp³-hybridized carbons (Fsp3) is 0.0952. The average molecular weight is 412 g/mol. The second kappa shape index (κ2) is 7.03. The van der Waals surface area contributed by atoms with E-state index in [1.54, 1.807) is 0 Å². The van der Waals surface area contributed by atoms with Crippen molar-refractivity contribution in [3.8, 4) is 0 Å². The van der Waals surface area contributed by atoms with Crippen LogP contribution in [0.3, 0.4) is 0 Å². The Morgan fingerprint density at radius 1 is 0.880 bits per heavy atom. The predicted octanol–water partition coefficient (Wildman–Crippen LogP) is 6.46. The van der Waals surface area contributed by atoms with Gasteiger partial charge in [-0.3, -0.25) is 5.01 Å². The fourth-order valence-electron chi connectivity index (χ4n) is 3.09. The van der Waals surface area contributed by atoms with Crippen LogP contribution in [-0.2, 0) is 0 Å². The standard InChI is InChI=1S/C21H16BrClN2/c22-17-10-6-16(7-11-17)21-14-20(15-8-12-18(23)13-9-15)24-25(21)19-4-2-1-3-5-19/h1-13,21H,14H2/t21-/m0/s1. The zero-order chi connectivity index (χ0) is 17.2. The monoisotopic (exact) mass is 410 g/mol. The van der Waals surface area contributed by atoms with Crippen LogP contribution in [0.2, 0.25) is 5.02 Å². The second-order valence-electron chi connectivity index (χ2n) is 6.01. The van der Waals surface area contributed by atoms with Crippen molar-refractivity contribution in [2.24, 2.45) is 5.10 Å². The van der Waals surface area contributed by atoms with Gasteiger partial charge in [0.1, 0.15) is 0 Å². The normalized spacial score (nSPS) is 16.8. The van der Waals surface area contributed by atoms with Gasteiger partial charge < -0.3 is 0 Å². The van der Waals surface area contributed by atoms with Crippen LogP contribution < -0.4 is 5.01 Å². The first-order valence-corrected chi connectivity index (χ1v) is 9.31. The van der Waals surface area contributed by atoms with E-state index in [1.165, 1.54) is 5.56 Å². The van der Waals surface area contributed by atoms with Crippen LogP contribution >= 0.6 is 27.5 Å². The summed E-state index contributed by atoms with van der Waals surface area (Å²) >= 11 is 9.54. The van der Waals surface area contributed by atoms with Crippen molar-refractivity contribution in [3.63, 3.8) is 0 Å². The third-order valence-electron chi connectivity index (χ3n) is 4.36. The molecule has 1 atom stereocenters. The van der Waals surface area contributed by atoms with Crippen molar-refractivity contribution in [2.45, 2.75) is 12.5 Å². The Bertz CT molecular complexity index is 889. The van der Waals surface area contributed by atoms with Gasteiger partial charge in [0.25, 0.3) is 0 Å². The number of halogens is 2. The number of benzene rings is 3. The van der Waals surface area contributed by atoms with Gasteiger partial charge in [-0.25, -0.2) is 0 Å². The van der Waals surface area contributed by atoms with Crippen LogP contribution in [0.5, 0.6) is 0 Å². The van der Waals surface area contributed by atoms with Crippen LogP contribution in [0.1, 0.15) is 23.6 Å². The maximum absolute atomic E-state index is 6.03. The van der Waals surface area contributed by atoms with E-state index in [0.29, 0.717) is 0 Å². The van der Waals surface area contributed by atoms with Crippen LogP contribution in [0.25, 0.3) is 0 Å². The van der Waals surface area contributed by atoms with E-state index in [9.17, 15) is 0 Å². The lowest BCUT2D eigenvalue weighted by molar-refractivity contribution is 0.709. The zero-order valence-electron chi connectivity index (χ0n) is 13.4. The molecule has 0 radical (unpaired) electrons. The molecule has 1 aliphatic heterocycles. The molecule has 0 N–H and O–H groups in total. The second-order valence-corrected chi connectivity index (χ2v) is 7.36. The lowest BCUT2D eigenvalue weighted by atomic mass is 9.98. The first-order chi connectivity index (χ1) is 12.2. The quantitative estimate of drug-likeness (QED) is 0.483. The van der Waals surface area contributed by atoms with Gasteiger partial charge in [0.2, 0.25) is 0 Å². The van der Waals surface area contributed by atoms with Gasteiger partial charge in [0.15, 0.2) is 0 Å². The molecular formula is C21H16BrClN2. The molecule has 0 aromatic heterocycles. The fourth-order valence-corrected chi connectivity index (χ4v) is 3.48. The number of nitrogens with zero attached hydrogens (tertiary/aromatic N) is 2. The number of hydrogen-bond acceptors (Lipinski definition) is 2. The highest BCUT2D eigenvalue weighted by Crippen LogP contribution is 2.37. The molecule has 1 heterocycles. The van der Waals surface area contributed by atoms with Crippen LogP contribution in [0, 0.1) is 0 Å². The van der Waals surface area contributed by atoms with Crippen molar-refractivity contribution in [1.29, 1.82) is 0 Å². The van der Waals surface area contributed by atoms with Gasteiger partial charge >= 0.3 is 0 Å². The molecule has 4 rings (SSSR count). The van der Waals surface area contributed by atoms with Gasteiger partial charge in [-0.15, -0.1) is 0 Å². The smallest absolute Gasteiger partial charge is 0.0831 e. The Kier molecular flexibility index (Phi) is 4.60. The van der Waals surface area contributed by atoms with E-state index in [-0.39, 0.29) is 6.04 Å². The molecule has 25 heavy (non-hydrogen) atoms. The lowest BCUT2D eigenvalue weighted by Crippen LogP contribution is -2.18. The Hall–Kier alpha value is -2.10. The van der Waals surface area contributed by atoms with E-state index < -0.39 is 0 Å². The van der Waals surface area contributed by atoms with Gasteiger partial charge in [0, 0.05) is 15.9 Å². The van der Waals surface area contributed by atoms with E-state index in [1.807, 2.05) is 42.5 Å². The highest BCUT2D eigenvalue weighted by atomic mass is 79.9. The highest BCUT2D eigenvalue weighted by molar-refractivity contribution is 9.10. The van der Waals surface area contributed by atoms with Crippen LogP contribution in [-0.4, -0.2) is 5.71 Å². The summed E-state index contributed by atoms with van der Waals surface area (Å²) in [6, 6.07) is 26.9. The largest absolute Gasteiger partial charge is 0.257 e. The van der Waals surface area contributed by atoms with Crippen LogP contribution in [0.15, 0.2) is 88.4 Å². The third kappa shape index (κ3) is 3.48. The van der Waals surface area contributed by atoms with Crippen molar-refractivity contribution < 1.29 is 0 Å². The molecule has 2 nitrogen and oxygen atoms in total. The maximum atomic E-state index is 6.03. The Balaban J connectivity index is 1.73. The molecule has 124 valence electrons. The third-order valence-corrected chi connectivity index (χ3v) is 5.14. The Morgan fingerprint density at radius 2 is 1.56 bits per heavy atom. The highest BCUT2D eigenvalue weighted by Gasteiger charge is 2.29. The van der Waals surface area contributed by atoms with Crippen molar-refractivity contribution in [1.82, 2.24) is 0 Å². The SMILES string of the molecule is Clc1ccc(C2=NN(c3ccccc3)[C@H](c3ccc(Br)cc3)C2)cc1. The number of para-hydroxylation sites is 1. The van der Waals surface area contributed by atoms with Gasteiger partial charge in [0.05, 0.1) is 17.4 Å². The maximum Gasteiger partial charge on any atom is 0.0831 e. The van der Waals surface area contributed by atoms with Gasteiger partial charge in [-0.2, -0.15) is 5.10 Å². The molecular weight excluding hydrogens is 396 g/mol. The summed E-state index contributed by atoms with van der Waals surface area (Å²) in [5, 5.41) is 7.79. The minimum absolute atomic E-state index is 0.182. The van der Waals surface area contributed by atoms with Crippen molar-refractivity contribution >= 4 is 38.9 Å². The van der Waals surface area contributed by atoms with Crippen molar-refractivity contribution in [2.75, 3.05) is 5.01 Å². The summed E-state index contributed by atoms with van der Waals surface area (Å²) < 4.78 is 1.08. The summed E-state index contributed by atoms with van der Waals surface area (Å²) in [4.78, 5) is 0. The molecule has 1 aliphatic rings. The molecule has 0 bridgehead atoms. The summed E-state index contributed by atoms with van der Waals surface area (Å²) in [5.41, 5.74) is 4.54. The summed E-state index contributed by atoms with van der Waals surface area (Å²) in [7, 11) is 0. The molecule has 3 aromatic rings. The van der Waals surface area contributed by atoms with E-state index in [0.717, 1.165) is 32.9 Å². The van der Waals surface area contributed by atoms with Crippen molar-refractivity contribution in [3.05, 3.63) is 99.5 Å². The minimum atomic E-state index is 0.182.